The van der Waals surface area contributed by atoms with Gasteiger partial charge in [0.05, 0.1) is 5.92 Å². The highest BCUT2D eigenvalue weighted by molar-refractivity contribution is 5.73. The predicted molar refractivity (Wildman–Crippen MR) is 70.0 cm³/mol. The molecule has 0 saturated heterocycles. The van der Waals surface area contributed by atoms with Crippen LogP contribution in [0.5, 0.6) is 0 Å². The Morgan fingerprint density at radius 3 is 2.71 bits per heavy atom. The summed E-state index contributed by atoms with van der Waals surface area (Å²) < 4.78 is 5.79. The molecule has 17 heavy (non-hydrogen) atoms. The fourth-order valence-corrected chi connectivity index (χ4v) is 2.03. The number of hydrogen-bond acceptors (Lipinski definition) is 3. The van der Waals surface area contributed by atoms with Crippen LogP contribution in [0.2, 0.25) is 0 Å². The van der Waals surface area contributed by atoms with Crippen LogP contribution in [0.25, 0.3) is 11.1 Å². The predicted octanol–water partition coefficient (Wildman–Crippen LogP) is 3.09. The Morgan fingerprint density at radius 2 is 2.12 bits per heavy atom. The minimum Gasteiger partial charge on any atom is -0.440 e. The van der Waals surface area contributed by atoms with Crippen LogP contribution in [0.4, 0.5) is 0 Å². The first-order valence-electron chi connectivity index (χ1n) is 6.25. The average molecular weight is 232 g/mol. The molecule has 92 valence electrons. The van der Waals surface area contributed by atoms with Gasteiger partial charge in [-0.25, -0.2) is 4.98 Å². The van der Waals surface area contributed by atoms with Crippen LogP contribution < -0.4 is 5.73 Å². The molecule has 0 radical (unpaired) electrons. The van der Waals surface area contributed by atoms with E-state index in [1.54, 1.807) is 0 Å². The normalized spacial score (nSPS) is 13.5. The highest BCUT2D eigenvalue weighted by Crippen LogP contribution is 2.26. The lowest BCUT2D eigenvalue weighted by atomic mass is 9.96. The van der Waals surface area contributed by atoms with Gasteiger partial charge in [-0.3, -0.25) is 0 Å². The number of nitrogens with zero attached hydrogens (tertiary/aromatic N) is 1. The topological polar surface area (TPSA) is 52.0 Å². The summed E-state index contributed by atoms with van der Waals surface area (Å²) in [6.45, 7) is 7.00. The standard InChI is InChI=1S/C14H20N2O/c1-4-10-5-6-13-12(7-10)16-14(17-13)11(8-15)9(2)3/h5-7,9,11H,4,8,15H2,1-3H3. The molecule has 3 nitrogen and oxygen atoms in total. The molecule has 2 aromatic rings. The molecule has 0 spiro atoms. The SMILES string of the molecule is CCc1ccc2oc(C(CN)C(C)C)nc2c1. The molecule has 0 bridgehead atoms. The zero-order valence-corrected chi connectivity index (χ0v) is 10.7. The third-order valence-corrected chi connectivity index (χ3v) is 3.25. The molecule has 0 aliphatic rings. The third-order valence-electron chi connectivity index (χ3n) is 3.25. The van der Waals surface area contributed by atoms with E-state index in [1.807, 2.05) is 6.07 Å². The number of rotatable bonds is 4. The van der Waals surface area contributed by atoms with Crippen LogP contribution in [-0.2, 0) is 6.42 Å². The highest BCUT2D eigenvalue weighted by Gasteiger charge is 2.20. The molecule has 2 N–H and O–H groups in total. The summed E-state index contributed by atoms with van der Waals surface area (Å²) in [5.74, 6) is 1.41. The first-order chi connectivity index (χ1) is 8.15. The summed E-state index contributed by atoms with van der Waals surface area (Å²) in [6, 6.07) is 6.18. The second-order valence-corrected chi connectivity index (χ2v) is 4.79. The largest absolute Gasteiger partial charge is 0.440 e. The number of nitrogens with two attached hydrogens (primary N) is 1. The van der Waals surface area contributed by atoms with E-state index < -0.39 is 0 Å². The maximum atomic E-state index is 5.79. The Bertz CT molecular complexity index is 502. The second kappa shape index (κ2) is 4.88. The van der Waals surface area contributed by atoms with E-state index in [0.29, 0.717) is 12.5 Å². The number of benzene rings is 1. The molecular weight excluding hydrogens is 212 g/mol. The molecule has 1 aromatic carbocycles. The van der Waals surface area contributed by atoms with Crippen LogP contribution in [0.15, 0.2) is 22.6 Å². The van der Waals surface area contributed by atoms with Gasteiger partial charge in [0, 0.05) is 6.54 Å². The Morgan fingerprint density at radius 1 is 1.35 bits per heavy atom. The fourth-order valence-electron chi connectivity index (χ4n) is 2.03. The van der Waals surface area contributed by atoms with E-state index in [2.05, 4.69) is 37.9 Å². The summed E-state index contributed by atoms with van der Waals surface area (Å²) in [6.07, 6.45) is 1.02. The zero-order valence-electron chi connectivity index (χ0n) is 10.7. The minimum absolute atomic E-state index is 0.201. The Balaban J connectivity index is 2.43. The van der Waals surface area contributed by atoms with Crippen molar-refractivity contribution in [2.75, 3.05) is 6.54 Å². The van der Waals surface area contributed by atoms with Gasteiger partial charge in [0.2, 0.25) is 0 Å². The molecule has 0 amide bonds. The number of fused-ring (bicyclic) bond motifs is 1. The monoisotopic (exact) mass is 232 g/mol. The molecule has 1 unspecified atom stereocenters. The summed E-state index contributed by atoms with van der Waals surface area (Å²) in [7, 11) is 0. The quantitative estimate of drug-likeness (QED) is 0.881. The summed E-state index contributed by atoms with van der Waals surface area (Å²) in [5, 5.41) is 0. The average Bonchev–Trinajstić information content (AvgIpc) is 2.71. The van der Waals surface area contributed by atoms with Crippen molar-refractivity contribution in [2.45, 2.75) is 33.1 Å². The van der Waals surface area contributed by atoms with Crippen LogP contribution in [0, 0.1) is 5.92 Å². The van der Waals surface area contributed by atoms with Gasteiger partial charge in [-0.15, -0.1) is 0 Å². The summed E-state index contributed by atoms with van der Waals surface area (Å²) in [4.78, 5) is 4.57. The highest BCUT2D eigenvalue weighted by atomic mass is 16.3. The first-order valence-corrected chi connectivity index (χ1v) is 6.25. The van der Waals surface area contributed by atoms with Crippen molar-refractivity contribution in [2.24, 2.45) is 11.7 Å². The molecule has 0 aliphatic carbocycles. The van der Waals surface area contributed by atoms with Gasteiger partial charge in [0.1, 0.15) is 5.52 Å². The number of aromatic nitrogens is 1. The fraction of sp³-hybridized carbons (Fsp3) is 0.500. The molecule has 1 aromatic heterocycles. The van der Waals surface area contributed by atoms with Crippen LogP contribution in [0.3, 0.4) is 0 Å². The van der Waals surface area contributed by atoms with Gasteiger partial charge in [-0.05, 0) is 30.0 Å². The first kappa shape index (κ1) is 12.1. The van der Waals surface area contributed by atoms with Crippen molar-refractivity contribution >= 4 is 11.1 Å². The van der Waals surface area contributed by atoms with E-state index in [9.17, 15) is 0 Å². The van der Waals surface area contributed by atoms with Crippen LogP contribution >= 0.6 is 0 Å². The van der Waals surface area contributed by atoms with E-state index in [1.165, 1.54) is 5.56 Å². The minimum atomic E-state index is 0.201. The zero-order chi connectivity index (χ0) is 12.4. The van der Waals surface area contributed by atoms with E-state index in [-0.39, 0.29) is 5.92 Å². The molecule has 1 heterocycles. The lowest BCUT2D eigenvalue weighted by molar-refractivity contribution is 0.400. The van der Waals surface area contributed by atoms with Crippen molar-refractivity contribution in [3.63, 3.8) is 0 Å². The summed E-state index contributed by atoms with van der Waals surface area (Å²) in [5.41, 5.74) is 8.87. The molecule has 2 rings (SSSR count). The van der Waals surface area contributed by atoms with E-state index in [4.69, 9.17) is 10.2 Å². The molecule has 3 heteroatoms. The lowest BCUT2D eigenvalue weighted by Gasteiger charge is -2.13. The number of hydrogen-bond donors (Lipinski definition) is 1. The van der Waals surface area contributed by atoms with E-state index in [0.717, 1.165) is 23.4 Å². The molecule has 1 atom stereocenters. The molecule has 0 aliphatic heterocycles. The smallest absolute Gasteiger partial charge is 0.200 e. The third kappa shape index (κ3) is 2.34. The van der Waals surface area contributed by atoms with Gasteiger partial charge >= 0.3 is 0 Å². The molecule has 0 saturated carbocycles. The second-order valence-electron chi connectivity index (χ2n) is 4.79. The Kier molecular flexibility index (Phi) is 3.48. The number of oxazole rings is 1. The van der Waals surface area contributed by atoms with Gasteiger partial charge < -0.3 is 10.2 Å². The number of aryl methyl sites for hydroxylation is 1. The van der Waals surface area contributed by atoms with Crippen molar-refractivity contribution in [3.05, 3.63) is 29.7 Å². The Hall–Kier alpha value is -1.35. The van der Waals surface area contributed by atoms with Gasteiger partial charge in [-0.1, -0.05) is 26.8 Å². The molecule has 0 fully saturated rings. The maximum absolute atomic E-state index is 5.79. The van der Waals surface area contributed by atoms with E-state index >= 15 is 0 Å². The van der Waals surface area contributed by atoms with Gasteiger partial charge in [0.15, 0.2) is 11.5 Å². The van der Waals surface area contributed by atoms with Crippen molar-refractivity contribution in [3.8, 4) is 0 Å². The Labute approximate surface area is 102 Å². The van der Waals surface area contributed by atoms with Crippen LogP contribution in [0.1, 0.15) is 38.1 Å². The van der Waals surface area contributed by atoms with Crippen molar-refractivity contribution < 1.29 is 4.42 Å². The van der Waals surface area contributed by atoms with Crippen molar-refractivity contribution in [1.29, 1.82) is 0 Å². The van der Waals surface area contributed by atoms with Crippen molar-refractivity contribution in [1.82, 2.24) is 4.98 Å². The molecular formula is C14H20N2O. The lowest BCUT2D eigenvalue weighted by Crippen LogP contribution is -2.17. The van der Waals surface area contributed by atoms with Gasteiger partial charge in [0.25, 0.3) is 0 Å². The van der Waals surface area contributed by atoms with Gasteiger partial charge in [-0.2, -0.15) is 0 Å². The maximum Gasteiger partial charge on any atom is 0.200 e. The van der Waals surface area contributed by atoms with Crippen LogP contribution in [-0.4, -0.2) is 11.5 Å². The summed E-state index contributed by atoms with van der Waals surface area (Å²) >= 11 is 0.